The zero-order valence-corrected chi connectivity index (χ0v) is 59.5. The molecule has 10 amide bonds. The molecule has 0 radical (unpaired) electrons. The van der Waals surface area contributed by atoms with Gasteiger partial charge in [-0.3, -0.25) is 38.4 Å². The van der Waals surface area contributed by atoms with E-state index in [1.165, 1.54) is 46.2 Å². The number of nitrogens with one attached hydrogen (secondary N) is 8. The van der Waals surface area contributed by atoms with Crippen LogP contribution >= 0.6 is 0 Å². The molecule has 5 fully saturated rings. The lowest BCUT2D eigenvalue weighted by Gasteiger charge is -2.38. The molecule has 6 rings (SSSR count). The molecule has 24 nitrogen and oxygen atoms in total. The van der Waals surface area contributed by atoms with Crippen molar-refractivity contribution in [2.75, 3.05) is 26.2 Å². The van der Waals surface area contributed by atoms with Crippen molar-refractivity contribution in [1.29, 1.82) is 0 Å². The standard InChI is InChI=1S/C36H52FN5O7.C34H52F3N5O7/c1-10-12-24(28(43)31(45)38-17-11-2)39-30(44)27-25-23(36(25,8)9)18-42(27)32(46)29(35(5,6)7)41-34(48)40-26(20(3)4)33(47)49-19-21-13-15-22(37)16-14-21;1-10-15-38-28(45)25(43)21(13-14-34(35,36)37)39-27(44)24-22-20(33(22,8)9)16-42(24)29(46)26(32(5,6)7)41-31(48)40-23(17(2)3)30(47)49-18(4)19-11-12-19/h11,13-16,20,23-27,29H,2,10,12,17-19H2,1,3-9H3,(H,38,45)(H,39,44)(H2,40,41,48);10,17-24,26H,1,11-16H2,2-9H3,(H,38,45)(H,39,44)(H2,40,41,48)/t23-,24?,25-,26-,27-,29+;18?,20-,21?,22-,23-,24-,26+/m00/s1. The highest BCUT2D eigenvalue weighted by atomic mass is 19.4. The predicted octanol–water partition coefficient (Wildman–Crippen LogP) is 6.49. The molecule has 3 aliphatic carbocycles. The van der Waals surface area contributed by atoms with Gasteiger partial charge in [0.05, 0.1) is 12.1 Å². The number of benzene rings is 1. The smallest absolute Gasteiger partial charge is 0.389 e. The van der Waals surface area contributed by atoms with Gasteiger partial charge in [0.1, 0.15) is 54.8 Å². The van der Waals surface area contributed by atoms with Crippen LogP contribution in [0.3, 0.4) is 0 Å². The first-order valence-corrected chi connectivity index (χ1v) is 33.8. The maximum absolute atomic E-state index is 14.3. The maximum Gasteiger partial charge on any atom is 0.389 e. The number of hydrogen-bond acceptors (Lipinski definition) is 14. The van der Waals surface area contributed by atoms with Crippen molar-refractivity contribution in [2.45, 2.75) is 217 Å². The summed E-state index contributed by atoms with van der Waals surface area (Å²) in [7, 11) is 0. The van der Waals surface area contributed by atoms with Gasteiger partial charge in [0.25, 0.3) is 11.8 Å². The number of carbonyl (C=O) groups is 12. The predicted molar refractivity (Wildman–Crippen MR) is 355 cm³/mol. The summed E-state index contributed by atoms with van der Waals surface area (Å²) in [4.78, 5) is 162. The van der Waals surface area contributed by atoms with Crippen molar-refractivity contribution in [2.24, 2.45) is 63.1 Å². The SMILES string of the molecule is C=CCNC(=O)C(=O)C(CCC(F)(F)F)NC(=O)[C@@H]1[C@@H]2[C@H](CN1C(=O)[C@@H](NC(=O)N[C@H](C(=O)OC(C)C1CC1)C(C)C)C(C)(C)C)C2(C)C.C=CCNC(=O)C(=O)C(CCC)NC(=O)[C@@H]1[C@@H]2[C@H](CN1C(=O)[C@@H](NC(=O)N[C@H](C(=O)OCc1ccc(F)cc1)C(C)C)C(C)(C)C)C2(C)C. The van der Waals surface area contributed by atoms with E-state index in [1.54, 1.807) is 69.2 Å². The number of hydrogen-bond donors (Lipinski definition) is 8. The molecule has 2 saturated heterocycles. The van der Waals surface area contributed by atoms with E-state index in [2.05, 4.69) is 55.7 Å². The molecule has 3 unspecified atom stereocenters. The minimum atomic E-state index is -4.66. The Morgan fingerprint density at radius 1 is 0.602 bits per heavy atom. The molecule has 2 heterocycles. The minimum Gasteiger partial charge on any atom is -0.461 e. The van der Waals surface area contributed by atoms with Crippen LogP contribution in [-0.2, 0) is 64.0 Å². The Morgan fingerprint density at radius 3 is 1.36 bits per heavy atom. The Morgan fingerprint density at radius 2 is 1.00 bits per heavy atom. The molecular weight excluding hydrogens is 1280 g/mol. The lowest BCUT2D eigenvalue weighted by Crippen LogP contribution is -2.62. The van der Waals surface area contributed by atoms with E-state index in [1.807, 2.05) is 41.5 Å². The average Bonchev–Trinajstić information content (AvgIpc) is 1.53. The molecule has 1 aromatic rings. The minimum absolute atomic E-state index is 0.0269. The number of likely N-dealkylation sites (tertiary alicyclic amines) is 2. The van der Waals surface area contributed by atoms with Gasteiger partial charge in [-0.25, -0.2) is 23.6 Å². The van der Waals surface area contributed by atoms with Gasteiger partial charge in [-0.1, -0.05) is 135 Å². The van der Waals surface area contributed by atoms with Crippen molar-refractivity contribution in [1.82, 2.24) is 52.3 Å². The van der Waals surface area contributed by atoms with Crippen LogP contribution in [0.4, 0.5) is 27.2 Å². The number of urea groups is 2. The normalized spacial score (nSPS) is 22.3. The van der Waals surface area contributed by atoms with E-state index in [4.69, 9.17) is 9.47 Å². The number of carbonyl (C=O) groups excluding carboxylic acids is 12. The second-order valence-electron chi connectivity index (χ2n) is 30.6. The van der Waals surface area contributed by atoms with Crippen molar-refractivity contribution in [3.8, 4) is 0 Å². The highest BCUT2D eigenvalue weighted by Crippen LogP contribution is 2.66. The third kappa shape index (κ3) is 20.8. The number of esters is 2. The summed E-state index contributed by atoms with van der Waals surface area (Å²) in [5, 5.41) is 20.5. The number of halogens is 4. The molecule has 0 bridgehead atoms. The van der Waals surface area contributed by atoms with Crippen molar-refractivity contribution < 1.29 is 84.6 Å². The molecule has 0 aromatic heterocycles. The fourth-order valence-electron chi connectivity index (χ4n) is 13.1. The third-order valence-corrected chi connectivity index (χ3v) is 19.4. The number of rotatable bonds is 30. The number of nitrogens with zero attached hydrogens (tertiary/aromatic N) is 2. The van der Waals surface area contributed by atoms with Gasteiger partial charge >= 0.3 is 30.2 Å². The monoisotopic (exact) mass is 1380 g/mol. The second kappa shape index (κ2) is 32.8. The van der Waals surface area contributed by atoms with Crippen LogP contribution in [-0.4, -0.2) is 168 Å². The fourth-order valence-corrected chi connectivity index (χ4v) is 13.1. The van der Waals surface area contributed by atoms with E-state index >= 15 is 0 Å². The first-order valence-electron chi connectivity index (χ1n) is 33.8. The Labute approximate surface area is 572 Å². The van der Waals surface area contributed by atoms with E-state index in [0.717, 1.165) is 12.8 Å². The maximum atomic E-state index is 14.3. The lowest BCUT2D eigenvalue weighted by atomic mass is 9.85. The van der Waals surface area contributed by atoms with Crippen molar-refractivity contribution in [3.05, 3.63) is 61.0 Å². The van der Waals surface area contributed by atoms with Crippen LogP contribution in [0, 0.1) is 68.9 Å². The number of ketones is 2. The molecule has 3 saturated carbocycles. The van der Waals surface area contributed by atoms with Gasteiger partial charge in [-0.05, 0) is 113 Å². The quantitative estimate of drug-likeness (QED) is 0.0177. The summed E-state index contributed by atoms with van der Waals surface area (Å²) in [5.74, 6) is -9.30. The molecule has 28 heteroatoms. The average molecular weight is 1390 g/mol. The summed E-state index contributed by atoms with van der Waals surface area (Å²) >= 11 is 0. The zero-order chi connectivity index (χ0) is 74.1. The van der Waals surface area contributed by atoms with Gasteiger partial charge in [0.2, 0.25) is 35.2 Å². The van der Waals surface area contributed by atoms with Gasteiger partial charge in [0.15, 0.2) is 0 Å². The van der Waals surface area contributed by atoms with E-state index in [9.17, 15) is 75.1 Å². The van der Waals surface area contributed by atoms with Crippen LogP contribution in [0.2, 0.25) is 0 Å². The summed E-state index contributed by atoms with van der Waals surface area (Å²) < 4.78 is 63.7. The number of Topliss-reactive ketones (excluding diaryl/α,β-unsaturated/α-hetero) is 2. The number of ether oxygens (including phenoxy) is 2. The van der Waals surface area contributed by atoms with Crippen molar-refractivity contribution in [3.63, 3.8) is 0 Å². The number of fused-ring (bicyclic) bond motifs is 2. The van der Waals surface area contributed by atoms with Crippen LogP contribution in [0.1, 0.15) is 155 Å². The Balaban J connectivity index is 0.000000354. The highest BCUT2D eigenvalue weighted by molar-refractivity contribution is 6.39. The number of alkyl halides is 3. The Bertz CT molecular complexity index is 3140. The largest absolute Gasteiger partial charge is 0.461 e. The summed E-state index contributed by atoms with van der Waals surface area (Å²) in [6.07, 6.45) is -1.83. The van der Waals surface area contributed by atoms with Crippen LogP contribution < -0.4 is 42.5 Å². The summed E-state index contributed by atoms with van der Waals surface area (Å²) in [6.45, 7) is 36.2. The third-order valence-electron chi connectivity index (χ3n) is 19.4. The Kier molecular flexibility index (Phi) is 27.0. The molecular formula is C70H104F4N10O14. The van der Waals surface area contributed by atoms with Gasteiger partial charge in [-0.2, -0.15) is 13.2 Å². The molecule has 8 N–H and O–H groups in total. The Hall–Kier alpha value is -7.94. The molecule has 2 aliphatic heterocycles. The molecule has 0 spiro atoms. The van der Waals surface area contributed by atoms with E-state index in [-0.39, 0.29) is 86.2 Å². The topological polar surface area (TPSA) is 326 Å². The van der Waals surface area contributed by atoms with E-state index in [0.29, 0.717) is 17.9 Å². The van der Waals surface area contributed by atoms with Gasteiger partial charge in [0, 0.05) is 32.6 Å². The van der Waals surface area contributed by atoms with E-state index < -0.39 is 160 Å². The fraction of sp³-hybridized carbons (Fsp3) is 0.686. The zero-order valence-electron chi connectivity index (χ0n) is 59.5. The van der Waals surface area contributed by atoms with Gasteiger partial charge < -0.3 is 61.8 Å². The first-order chi connectivity index (χ1) is 45.3. The molecule has 13 atom stereocenters. The summed E-state index contributed by atoms with van der Waals surface area (Å²) in [5.41, 5.74) is -1.74. The number of amides is 10. The number of piperidine rings is 2. The van der Waals surface area contributed by atoms with Gasteiger partial charge in [-0.15, -0.1) is 13.2 Å². The molecule has 98 heavy (non-hydrogen) atoms. The molecule has 1 aromatic carbocycles. The molecule has 5 aliphatic rings. The van der Waals surface area contributed by atoms with Crippen LogP contribution in [0.25, 0.3) is 0 Å². The van der Waals surface area contributed by atoms with Crippen molar-refractivity contribution >= 4 is 71.0 Å². The van der Waals surface area contributed by atoms with Crippen LogP contribution in [0.15, 0.2) is 49.6 Å². The summed E-state index contributed by atoms with van der Waals surface area (Å²) in [6, 6.07) is -5.36. The van der Waals surface area contributed by atoms with Crippen LogP contribution in [0.5, 0.6) is 0 Å². The molecule has 546 valence electrons. The first kappa shape index (κ1) is 80.7. The second-order valence-corrected chi connectivity index (χ2v) is 30.6. The highest BCUT2D eigenvalue weighted by Gasteiger charge is 2.71. The lowest BCUT2D eigenvalue weighted by molar-refractivity contribution is -0.153.